The summed E-state index contributed by atoms with van der Waals surface area (Å²) in [4.78, 5) is 4.80. The van der Waals surface area contributed by atoms with Gasteiger partial charge in [-0.3, -0.25) is 0 Å². The Bertz CT molecular complexity index is 995. The Hall–Kier alpha value is -2.38. The second-order valence-corrected chi connectivity index (χ2v) is 8.24. The quantitative estimate of drug-likeness (QED) is 0.572. The van der Waals surface area contributed by atoms with Crippen molar-refractivity contribution in [2.45, 2.75) is 38.0 Å². The van der Waals surface area contributed by atoms with Crippen LogP contribution in [0.15, 0.2) is 53.7 Å². The summed E-state index contributed by atoms with van der Waals surface area (Å²) in [6.45, 7) is 5.03. The third kappa shape index (κ3) is 4.87. The third-order valence-electron chi connectivity index (χ3n) is 4.30. The van der Waals surface area contributed by atoms with Crippen molar-refractivity contribution in [1.29, 1.82) is 0 Å². The molecule has 7 heteroatoms. The first-order chi connectivity index (χ1) is 13.0. The number of nitrogens with one attached hydrogen (secondary N) is 1. The van der Waals surface area contributed by atoms with Crippen molar-refractivity contribution in [2.75, 3.05) is 13.2 Å². The van der Waals surface area contributed by atoms with Crippen LogP contribution in [-0.4, -0.2) is 31.0 Å². The molecule has 0 atom stereocenters. The minimum atomic E-state index is -3.55. The molecule has 0 spiro atoms. The highest BCUT2D eigenvalue weighted by Gasteiger charge is 2.14. The Morgan fingerprint density at radius 1 is 1.19 bits per heavy atom. The van der Waals surface area contributed by atoms with Gasteiger partial charge in [-0.25, -0.2) is 18.1 Å². The Balaban J connectivity index is 1.58. The van der Waals surface area contributed by atoms with Crippen LogP contribution in [0.5, 0.6) is 5.75 Å². The first-order valence-corrected chi connectivity index (χ1v) is 10.6. The highest BCUT2D eigenvalue weighted by molar-refractivity contribution is 7.89. The van der Waals surface area contributed by atoms with Gasteiger partial charge >= 0.3 is 0 Å². The lowest BCUT2D eigenvalue weighted by Gasteiger charge is -2.08. The number of benzene rings is 1. The molecule has 0 aliphatic heterocycles. The van der Waals surface area contributed by atoms with Gasteiger partial charge in [0.15, 0.2) is 0 Å². The fourth-order valence-corrected chi connectivity index (χ4v) is 3.80. The molecule has 0 saturated heterocycles. The lowest BCUT2D eigenvalue weighted by molar-refractivity contribution is 0.309. The summed E-state index contributed by atoms with van der Waals surface area (Å²) in [6.07, 6.45) is 6.43. The summed E-state index contributed by atoms with van der Waals surface area (Å²) < 4.78 is 35.0. The van der Waals surface area contributed by atoms with E-state index < -0.39 is 10.0 Å². The van der Waals surface area contributed by atoms with E-state index in [2.05, 4.69) is 16.6 Å². The molecule has 0 aliphatic rings. The minimum Gasteiger partial charge on any atom is -0.494 e. The number of nitrogens with zero attached hydrogens (tertiary/aromatic N) is 2. The van der Waals surface area contributed by atoms with Gasteiger partial charge < -0.3 is 9.14 Å². The molecule has 0 aliphatic carbocycles. The predicted molar refractivity (Wildman–Crippen MR) is 106 cm³/mol. The van der Waals surface area contributed by atoms with E-state index in [1.54, 1.807) is 24.3 Å². The van der Waals surface area contributed by atoms with E-state index in [9.17, 15) is 8.42 Å². The molecule has 0 radical (unpaired) electrons. The maximum atomic E-state index is 12.4. The Labute approximate surface area is 160 Å². The van der Waals surface area contributed by atoms with Gasteiger partial charge in [-0.05, 0) is 49.2 Å². The third-order valence-corrected chi connectivity index (χ3v) is 5.78. The predicted octanol–water partition coefficient (Wildman–Crippen LogP) is 3.34. The highest BCUT2D eigenvalue weighted by atomic mass is 32.2. The number of rotatable bonds is 9. The lowest BCUT2D eigenvalue weighted by Crippen LogP contribution is -2.26. The van der Waals surface area contributed by atoms with Gasteiger partial charge in [0.2, 0.25) is 10.0 Å². The fraction of sp³-hybridized carbons (Fsp3) is 0.350. The molecule has 1 N–H and O–H groups in total. The van der Waals surface area contributed by atoms with Gasteiger partial charge in [-0.15, -0.1) is 0 Å². The van der Waals surface area contributed by atoms with Crippen molar-refractivity contribution in [3.63, 3.8) is 0 Å². The molecule has 0 fully saturated rings. The van der Waals surface area contributed by atoms with Gasteiger partial charge in [0.1, 0.15) is 11.4 Å². The smallest absolute Gasteiger partial charge is 0.240 e. The number of imidazole rings is 1. The molecule has 1 aromatic carbocycles. The van der Waals surface area contributed by atoms with Gasteiger partial charge in [0.05, 0.1) is 17.2 Å². The van der Waals surface area contributed by atoms with E-state index in [4.69, 9.17) is 4.74 Å². The average Bonchev–Trinajstić information content (AvgIpc) is 3.07. The van der Waals surface area contributed by atoms with Crippen molar-refractivity contribution in [2.24, 2.45) is 0 Å². The number of unbranched alkanes of at least 4 members (excludes halogenated alkanes) is 1. The first-order valence-electron chi connectivity index (χ1n) is 9.15. The second kappa shape index (κ2) is 8.54. The van der Waals surface area contributed by atoms with Gasteiger partial charge in [-0.2, -0.15) is 0 Å². The Kier molecular flexibility index (Phi) is 6.13. The van der Waals surface area contributed by atoms with Gasteiger partial charge in [0.25, 0.3) is 0 Å². The molecule has 0 bridgehead atoms. The summed E-state index contributed by atoms with van der Waals surface area (Å²) in [6, 6.07) is 10.5. The zero-order valence-corrected chi connectivity index (χ0v) is 16.5. The molecule has 144 valence electrons. The van der Waals surface area contributed by atoms with E-state index in [0.717, 1.165) is 29.7 Å². The summed E-state index contributed by atoms with van der Waals surface area (Å²) >= 11 is 0. The van der Waals surface area contributed by atoms with E-state index in [-0.39, 0.29) is 4.90 Å². The van der Waals surface area contributed by atoms with Crippen molar-refractivity contribution in [3.05, 3.63) is 60.0 Å². The van der Waals surface area contributed by atoms with Crippen LogP contribution in [0.1, 0.15) is 31.0 Å². The zero-order chi connectivity index (χ0) is 19.3. The van der Waals surface area contributed by atoms with Crippen LogP contribution in [0.2, 0.25) is 0 Å². The lowest BCUT2D eigenvalue weighted by atomic mass is 10.3. The Morgan fingerprint density at radius 3 is 2.67 bits per heavy atom. The molecule has 2 heterocycles. The standard InChI is InChI=1S/C20H25N3O3S/c1-3-4-14-26-18-7-9-19(10-8-18)27(24,25)21-12-11-17-15-23-13-5-6-16(2)20(23)22-17/h5-10,13,15,21H,3-4,11-12,14H2,1-2H3. The van der Waals surface area contributed by atoms with Crippen LogP contribution < -0.4 is 9.46 Å². The topological polar surface area (TPSA) is 72.7 Å². The van der Waals surface area contributed by atoms with Crippen LogP contribution in [0.4, 0.5) is 0 Å². The monoisotopic (exact) mass is 387 g/mol. The van der Waals surface area contributed by atoms with Crippen LogP contribution in [-0.2, 0) is 16.4 Å². The van der Waals surface area contributed by atoms with Crippen LogP contribution in [0.25, 0.3) is 5.65 Å². The first kappa shape index (κ1) is 19.4. The van der Waals surface area contributed by atoms with E-state index >= 15 is 0 Å². The summed E-state index contributed by atoms with van der Waals surface area (Å²) in [7, 11) is -3.55. The zero-order valence-electron chi connectivity index (χ0n) is 15.7. The van der Waals surface area contributed by atoms with Crippen LogP contribution >= 0.6 is 0 Å². The SMILES string of the molecule is CCCCOc1ccc(S(=O)(=O)NCCc2cn3cccc(C)c3n2)cc1. The molecule has 27 heavy (non-hydrogen) atoms. The number of hydrogen-bond donors (Lipinski definition) is 1. The van der Waals surface area contributed by atoms with Crippen molar-refractivity contribution >= 4 is 15.7 Å². The fourth-order valence-electron chi connectivity index (χ4n) is 2.77. The van der Waals surface area contributed by atoms with E-state index in [1.165, 1.54) is 0 Å². The largest absolute Gasteiger partial charge is 0.494 e. The number of aryl methyl sites for hydroxylation is 1. The molecule has 0 saturated carbocycles. The summed E-state index contributed by atoms with van der Waals surface area (Å²) in [5, 5.41) is 0. The van der Waals surface area contributed by atoms with Crippen LogP contribution in [0, 0.1) is 6.92 Å². The maximum absolute atomic E-state index is 12.4. The Morgan fingerprint density at radius 2 is 1.96 bits per heavy atom. The molecule has 0 unspecified atom stereocenters. The molecule has 3 aromatic rings. The van der Waals surface area contributed by atoms with Gasteiger partial charge in [0, 0.05) is 25.4 Å². The number of aromatic nitrogens is 2. The van der Waals surface area contributed by atoms with Gasteiger partial charge in [-0.1, -0.05) is 19.4 Å². The highest BCUT2D eigenvalue weighted by Crippen LogP contribution is 2.16. The average molecular weight is 388 g/mol. The van der Waals surface area contributed by atoms with Crippen molar-refractivity contribution in [3.8, 4) is 5.75 Å². The molecular weight excluding hydrogens is 362 g/mol. The summed E-state index contributed by atoms with van der Waals surface area (Å²) in [5.74, 6) is 0.683. The number of ether oxygens (including phenoxy) is 1. The van der Waals surface area contributed by atoms with Crippen molar-refractivity contribution in [1.82, 2.24) is 14.1 Å². The van der Waals surface area contributed by atoms with Crippen LogP contribution in [0.3, 0.4) is 0 Å². The van der Waals surface area contributed by atoms with E-state index in [0.29, 0.717) is 25.3 Å². The van der Waals surface area contributed by atoms with Crippen molar-refractivity contribution < 1.29 is 13.2 Å². The maximum Gasteiger partial charge on any atom is 0.240 e. The molecule has 3 rings (SSSR count). The number of hydrogen-bond acceptors (Lipinski definition) is 4. The number of fused-ring (bicyclic) bond motifs is 1. The molecular formula is C20H25N3O3S. The normalized spacial score (nSPS) is 11.8. The molecule has 6 nitrogen and oxygen atoms in total. The number of pyridine rings is 1. The molecule has 0 amide bonds. The minimum absolute atomic E-state index is 0.233. The number of sulfonamides is 1. The molecule has 2 aromatic heterocycles. The summed E-state index contributed by atoms with van der Waals surface area (Å²) in [5.41, 5.74) is 2.84. The van der Waals surface area contributed by atoms with E-state index in [1.807, 2.05) is 35.9 Å². The second-order valence-electron chi connectivity index (χ2n) is 6.48.